The third-order valence-electron chi connectivity index (χ3n) is 6.06. The predicted molar refractivity (Wildman–Crippen MR) is 85.4 cm³/mol. The summed E-state index contributed by atoms with van der Waals surface area (Å²) >= 11 is 3.31. The fourth-order valence-electron chi connectivity index (χ4n) is 4.09. The van der Waals surface area contributed by atoms with Crippen molar-refractivity contribution >= 4 is 26.0 Å². The lowest BCUT2D eigenvalue weighted by atomic mass is 9.70. The Kier molecular flexibility index (Phi) is 3.54. The van der Waals surface area contributed by atoms with Gasteiger partial charge in [0.1, 0.15) is 0 Å². The van der Waals surface area contributed by atoms with Crippen LogP contribution in [-0.4, -0.2) is 14.5 Å². The van der Waals surface area contributed by atoms with Gasteiger partial charge in [-0.05, 0) is 54.9 Å². The minimum Gasteiger partial charge on any atom is -0.262 e. The van der Waals surface area contributed by atoms with Gasteiger partial charge in [0, 0.05) is 9.89 Å². The molecule has 5 heteroatoms. The smallest absolute Gasteiger partial charge is 0.262 e. The predicted octanol–water partition coefficient (Wildman–Crippen LogP) is 4.37. The van der Waals surface area contributed by atoms with Crippen molar-refractivity contribution in [2.75, 3.05) is 0 Å². The Morgan fingerprint density at radius 3 is 2.29 bits per heavy atom. The first kappa shape index (κ1) is 15.5. The van der Waals surface area contributed by atoms with Gasteiger partial charge in [-0.2, -0.15) is 8.42 Å². The maximum atomic E-state index is 12.5. The lowest BCUT2D eigenvalue weighted by Gasteiger charge is -2.38. The van der Waals surface area contributed by atoms with Gasteiger partial charge in [-0.15, -0.1) is 0 Å². The molecule has 0 heterocycles. The van der Waals surface area contributed by atoms with Gasteiger partial charge in [-0.3, -0.25) is 4.18 Å². The summed E-state index contributed by atoms with van der Waals surface area (Å²) in [6.45, 7) is 6.68. The van der Waals surface area contributed by atoms with Crippen molar-refractivity contribution in [3.63, 3.8) is 0 Å². The number of halogens is 1. The average molecular weight is 373 g/mol. The zero-order chi connectivity index (χ0) is 15.5. The Hall–Kier alpha value is -0.390. The Bertz CT molecular complexity index is 651. The summed E-state index contributed by atoms with van der Waals surface area (Å²) in [6, 6.07) is 6.62. The molecule has 2 fully saturated rings. The van der Waals surface area contributed by atoms with Crippen LogP contribution in [0.4, 0.5) is 0 Å². The van der Waals surface area contributed by atoms with Crippen LogP contribution >= 0.6 is 15.9 Å². The van der Waals surface area contributed by atoms with Crippen molar-refractivity contribution in [3.8, 4) is 0 Å². The van der Waals surface area contributed by atoms with Crippen LogP contribution in [0.25, 0.3) is 0 Å². The Morgan fingerprint density at radius 1 is 1.19 bits per heavy atom. The fraction of sp³-hybridized carbons (Fsp3) is 0.625. The highest BCUT2D eigenvalue weighted by Gasteiger charge is 2.62. The second kappa shape index (κ2) is 4.80. The van der Waals surface area contributed by atoms with Crippen molar-refractivity contribution in [2.45, 2.75) is 51.0 Å². The second-order valence-electron chi connectivity index (χ2n) is 7.10. The minimum atomic E-state index is -3.69. The molecule has 2 aliphatic rings. The lowest BCUT2D eigenvalue weighted by molar-refractivity contribution is 0.0345. The van der Waals surface area contributed by atoms with E-state index in [1.165, 1.54) is 6.42 Å². The number of rotatable bonds is 3. The van der Waals surface area contributed by atoms with Crippen LogP contribution in [0.5, 0.6) is 0 Å². The molecule has 3 nitrogen and oxygen atoms in total. The molecule has 0 aliphatic heterocycles. The summed E-state index contributed by atoms with van der Waals surface area (Å²) < 4.78 is 31.5. The van der Waals surface area contributed by atoms with E-state index in [1.54, 1.807) is 24.3 Å². The summed E-state index contributed by atoms with van der Waals surface area (Å²) in [6.07, 6.45) is 2.87. The highest BCUT2D eigenvalue weighted by molar-refractivity contribution is 9.10. The van der Waals surface area contributed by atoms with Crippen molar-refractivity contribution < 1.29 is 12.6 Å². The SMILES string of the molecule is CC1(C)C2CCC1(C)C(OS(=O)(=O)c1ccc(Br)cc1)C2. The molecular weight excluding hydrogens is 352 g/mol. The number of hydrogen-bond donors (Lipinski definition) is 0. The Morgan fingerprint density at radius 2 is 1.81 bits per heavy atom. The standard InChI is InChI=1S/C16H21BrO3S/c1-15(2)11-8-9-16(15,3)14(10-11)20-21(18,19)13-6-4-12(17)5-7-13/h4-7,11,14H,8-10H2,1-3H3. The Balaban J connectivity index is 1.86. The van der Waals surface area contributed by atoms with Crippen LogP contribution in [0.15, 0.2) is 33.6 Å². The summed E-state index contributed by atoms with van der Waals surface area (Å²) in [5.74, 6) is 0.563. The van der Waals surface area contributed by atoms with E-state index in [1.807, 2.05) is 0 Å². The number of benzene rings is 1. The van der Waals surface area contributed by atoms with Crippen LogP contribution < -0.4 is 0 Å². The molecule has 0 spiro atoms. The van der Waals surface area contributed by atoms with E-state index in [2.05, 4.69) is 36.7 Å². The molecule has 3 unspecified atom stereocenters. The van der Waals surface area contributed by atoms with Gasteiger partial charge in [0.15, 0.2) is 0 Å². The molecule has 3 atom stereocenters. The van der Waals surface area contributed by atoms with Gasteiger partial charge in [-0.1, -0.05) is 36.7 Å². The third-order valence-corrected chi connectivity index (χ3v) is 7.92. The van der Waals surface area contributed by atoms with Crippen LogP contribution in [-0.2, 0) is 14.3 Å². The molecule has 2 aliphatic carbocycles. The van der Waals surface area contributed by atoms with Crippen LogP contribution in [0.3, 0.4) is 0 Å². The summed E-state index contributed by atoms with van der Waals surface area (Å²) in [7, 11) is -3.69. The van der Waals surface area contributed by atoms with E-state index in [-0.39, 0.29) is 21.8 Å². The normalized spacial score (nSPS) is 34.3. The van der Waals surface area contributed by atoms with Crippen LogP contribution in [0.1, 0.15) is 40.0 Å². The van der Waals surface area contributed by atoms with Crippen LogP contribution in [0, 0.1) is 16.7 Å². The molecule has 3 rings (SSSR count). The largest absolute Gasteiger partial charge is 0.297 e. The zero-order valence-corrected chi connectivity index (χ0v) is 15.0. The molecular formula is C16H21BrO3S. The van der Waals surface area contributed by atoms with Gasteiger partial charge >= 0.3 is 0 Å². The maximum Gasteiger partial charge on any atom is 0.297 e. The first-order valence-electron chi connectivity index (χ1n) is 7.36. The van der Waals surface area contributed by atoms with Gasteiger partial charge in [0.05, 0.1) is 11.0 Å². The average Bonchev–Trinajstić information content (AvgIpc) is 2.72. The molecule has 21 heavy (non-hydrogen) atoms. The molecule has 0 amide bonds. The number of hydrogen-bond acceptors (Lipinski definition) is 3. The minimum absolute atomic E-state index is 0.0555. The quantitative estimate of drug-likeness (QED) is 0.739. The van der Waals surface area contributed by atoms with Crippen molar-refractivity contribution in [1.29, 1.82) is 0 Å². The van der Waals surface area contributed by atoms with Gasteiger partial charge in [0.25, 0.3) is 10.1 Å². The van der Waals surface area contributed by atoms with E-state index < -0.39 is 10.1 Å². The molecule has 0 N–H and O–H groups in total. The zero-order valence-electron chi connectivity index (χ0n) is 12.6. The maximum absolute atomic E-state index is 12.5. The highest BCUT2D eigenvalue weighted by Crippen LogP contribution is 2.66. The van der Waals surface area contributed by atoms with Crippen molar-refractivity contribution in [1.82, 2.24) is 0 Å². The molecule has 0 aromatic heterocycles. The van der Waals surface area contributed by atoms with Gasteiger partial charge < -0.3 is 0 Å². The van der Waals surface area contributed by atoms with E-state index in [0.717, 1.165) is 17.3 Å². The van der Waals surface area contributed by atoms with Crippen molar-refractivity contribution in [3.05, 3.63) is 28.7 Å². The second-order valence-corrected chi connectivity index (χ2v) is 9.59. The highest BCUT2D eigenvalue weighted by atomic mass is 79.9. The fourth-order valence-corrected chi connectivity index (χ4v) is 5.53. The summed E-state index contributed by atoms with van der Waals surface area (Å²) in [5.41, 5.74) is 0.0903. The molecule has 0 radical (unpaired) electrons. The first-order chi connectivity index (χ1) is 9.67. The summed E-state index contributed by atoms with van der Waals surface area (Å²) in [4.78, 5) is 0.231. The monoisotopic (exact) mass is 372 g/mol. The lowest BCUT2D eigenvalue weighted by Crippen LogP contribution is -2.38. The van der Waals surface area contributed by atoms with Gasteiger partial charge in [0.2, 0.25) is 0 Å². The summed E-state index contributed by atoms with van der Waals surface area (Å²) in [5, 5.41) is 0. The van der Waals surface area contributed by atoms with E-state index >= 15 is 0 Å². The van der Waals surface area contributed by atoms with Gasteiger partial charge in [-0.25, -0.2) is 0 Å². The van der Waals surface area contributed by atoms with E-state index in [4.69, 9.17) is 4.18 Å². The van der Waals surface area contributed by atoms with E-state index in [9.17, 15) is 8.42 Å². The molecule has 1 aromatic rings. The molecule has 116 valence electrons. The molecule has 2 saturated carbocycles. The number of fused-ring (bicyclic) bond motifs is 2. The molecule has 2 bridgehead atoms. The Labute approximate surface area is 135 Å². The van der Waals surface area contributed by atoms with Crippen molar-refractivity contribution in [2.24, 2.45) is 16.7 Å². The molecule has 0 saturated heterocycles. The first-order valence-corrected chi connectivity index (χ1v) is 9.56. The molecule has 1 aromatic carbocycles. The van der Waals surface area contributed by atoms with E-state index in [0.29, 0.717) is 5.92 Å². The third kappa shape index (κ3) is 2.28. The topological polar surface area (TPSA) is 43.4 Å². The van der Waals surface area contributed by atoms with Crippen LogP contribution in [0.2, 0.25) is 0 Å².